The number of thiazole rings is 1. The Kier molecular flexibility index (Phi) is 7.07. The van der Waals surface area contributed by atoms with Crippen molar-refractivity contribution in [2.75, 3.05) is 11.9 Å². The number of hydrogen-bond acceptors (Lipinski definition) is 7. The molecule has 1 aromatic carbocycles. The maximum absolute atomic E-state index is 13.3. The molecule has 0 spiro atoms. The summed E-state index contributed by atoms with van der Waals surface area (Å²) in [5, 5.41) is 8.53. The Morgan fingerprint density at radius 1 is 1.08 bits per heavy atom. The molecule has 4 rings (SSSR count). The summed E-state index contributed by atoms with van der Waals surface area (Å²) in [4.78, 5) is 43.6. The van der Waals surface area contributed by atoms with Gasteiger partial charge in [0.2, 0.25) is 5.91 Å². The fourth-order valence-electron chi connectivity index (χ4n) is 4.03. The van der Waals surface area contributed by atoms with Crippen LogP contribution >= 0.6 is 11.3 Å². The number of anilines is 1. The van der Waals surface area contributed by atoms with Gasteiger partial charge in [-0.25, -0.2) is 14.5 Å². The second kappa shape index (κ2) is 10.1. The number of pyridine rings is 1. The van der Waals surface area contributed by atoms with Gasteiger partial charge < -0.3 is 10.1 Å². The number of nitrogens with one attached hydrogen (secondary N) is 1. The van der Waals surface area contributed by atoms with Gasteiger partial charge in [-0.1, -0.05) is 43.4 Å². The molecule has 10 heteroatoms. The van der Waals surface area contributed by atoms with Crippen molar-refractivity contribution in [3.8, 4) is 5.69 Å². The van der Waals surface area contributed by atoms with Gasteiger partial charge in [-0.05, 0) is 51.3 Å². The van der Waals surface area contributed by atoms with Crippen LogP contribution in [0.1, 0.15) is 53.4 Å². The minimum absolute atomic E-state index is 0.208. The van der Waals surface area contributed by atoms with Gasteiger partial charge in [0.05, 0.1) is 23.7 Å². The van der Waals surface area contributed by atoms with Crippen LogP contribution in [0.3, 0.4) is 0 Å². The van der Waals surface area contributed by atoms with Crippen molar-refractivity contribution in [1.82, 2.24) is 19.3 Å². The molecule has 0 aliphatic carbocycles. The Morgan fingerprint density at radius 2 is 1.78 bits per heavy atom. The number of carbonyl (C=O) groups is 2. The second-order valence-electron chi connectivity index (χ2n) is 9.16. The van der Waals surface area contributed by atoms with Gasteiger partial charge in [0.15, 0.2) is 5.13 Å². The number of para-hydroxylation sites is 1. The molecule has 0 fully saturated rings. The Balaban J connectivity index is 1.70. The third-order valence-corrected chi connectivity index (χ3v) is 6.82. The Bertz CT molecular complexity index is 1500. The molecule has 4 aromatic rings. The lowest BCUT2D eigenvalue weighted by Gasteiger charge is -2.18. The lowest BCUT2D eigenvalue weighted by molar-refractivity contribution is -0.118. The first-order valence-corrected chi connectivity index (χ1v) is 12.5. The molecule has 1 atom stereocenters. The van der Waals surface area contributed by atoms with Crippen molar-refractivity contribution >= 4 is 39.4 Å². The first-order valence-electron chi connectivity index (χ1n) is 11.7. The Hall–Kier alpha value is -3.79. The molecule has 36 heavy (non-hydrogen) atoms. The predicted molar refractivity (Wildman–Crippen MR) is 140 cm³/mol. The van der Waals surface area contributed by atoms with Crippen LogP contribution in [0, 0.1) is 26.7 Å². The van der Waals surface area contributed by atoms with Crippen molar-refractivity contribution in [3.63, 3.8) is 0 Å². The molecule has 0 radical (unpaired) electrons. The fraction of sp³-hybridized carbons (Fsp3) is 0.346. The molecule has 0 saturated heterocycles. The van der Waals surface area contributed by atoms with E-state index in [1.165, 1.54) is 10.6 Å². The summed E-state index contributed by atoms with van der Waals surface area (Å²) in [7, 11) is 0. The number of rotatable bonds is 7. The highest BCUT2D eigenvalue weighted by Gasteiger charge is 2.25. The number of nitrogens with zero attached hydrogens (tertiary/aromatic N) is 4. The first kappa shape index (κ1) is 25.3. The second-order valence-corrected chi connectivity index (χ2v) is 10.2. The zero-order valence-corrected chi connectivity index (χ0v) is 22.0. The number of esters is 1. The van der Waals surface area contributed by atoms with Crippen LogP contribution in [0.5, 0.6) is 0 Å². The number of aromatic nitrogens is 4. The van der Waals surface area contributed by atoms with Gasteiger partial charge in [-0.2, -0.15) is 5.10 Å². The summed E-state index contributed by atoms with van der Waals surface area (Å²) in [6, 6.07) is 10.1. The largest absolute Gasteiger partial charge is 0.461 e. The summed E-state index contributed by atoms with van der Waals surface area (Å²) >= 11 is 1.05. The van der Waals surface area contributed by atoms with E-state index in [1.54, 1.807) is 18.5 Å². The lowest BCUT2D eigenvalue weighted by Crippen LogP contribution is -2.32. The molecule has 3 heterocycles. The third kappa shape index (κ3) is 4.81. The number of aryl methyl sites for hydroxylation is 3. The average Bonchev–Trinajstić information content (AvgIpc) is 3.37. The van der Waals surface area contributed by atoms with Crippen LogP contribution in [-0.2, 0) is 9.53 Å². The molecular formula is C26H29N5O4S. The highest BCUT2D eigenvalue weighted by atomic mass is 32.1. The van der Waals surface area contributed by atoms with Crippen LogP contribution in [0.2, 0.25) is 0 Å². The first-order chi connectivity index (χ1) is 17.1. The molecular weight excluding hydrogens is 478 g/mol. The Labute approximate surface area is 212 Å². The zero-order valence-electron chi connectivity index (χ0n) is 21.2. The summed E-state index contributed by atoms with van der Waals surface area (Å²) in [5.41, 5.74) is 3.03. The topological polar surface area (TPSA) is 108 Å². The van der Waals surface area contributed by atoms with Crippen LogP contribution in [-0.4, -0.2) is 37.8 Å². The van der Waals surface area contributed by atoms with Crippen LogP contribution in [0.4, 0.5) is 5.13 Å². The quantitative estimate of drug-likeness (QED) is 0.367. The Morgan fingerprint density at radius 3 is 2.44 bits per heavy atom. The van der Waals surface area contributed by atoms with Gasteiger partial charge in [-0.15, -0.1) is 0 Å². The van der Waals surface area contributed by atoms with E-state index < -0.39 is 17.9 Å². The normalized spacial score (nSPS) is 12.2. The number of fused-ring (bicyclic) bond motifs is 1. The molecule has 1 unspecified atom stereocenters. The molecule has 0 saturated carbocycles. The number of ether oxygens (including phenoxy) is 1. The number of hydrogen-bond donors (Lipinski definition) is 1. The van der Waals surface area contributed by atoms with Gasteiger partial charge >= 0.3 is 5.97 Å². The predicted octanol–water partition coefficient (Wildman–Crippen LogP) is 4.58. The molecule has 0 aliphatic rings. The van der Waals surface area contributed by atoms with E-state index in [2.05, 4.69) is 15.4 Å². The van der Waals surface area contributed by atoms with E-state index in [0.717, 1.165) is 33.7 Å². The van der Waals surface area contributed by atoms with E-state index in [9.17, 15) is 14.4 Å². The summed E-state index contributed by atoms with van der Waals surface area (Å²) in [6.07, 6.45) is 0. The molecule has 188 valence electrons. The van der Waals surface area contributed by atoms with Crippen LogP contribution in [0.15, 0.2) is 41.2 Å². The van der Waals surface area contributed by atoms with E-state index in [-0.39, 0.29) is 16.6 Å². The summed E-state index contributed by atoms with van der Waals surface area (Å²) in [6.45, 7) is 11.3. The molecule has 1 amide bonds. The highest BCUT2D eigenvalue weighted by Crippen LogP contribution is 2.28. The van der Waals surface area contributed by atoms with Crippen molar-refractivity contribution in [1.29, 1.82) is 0 Å². The fourth-order valence-corrected chi connectivity index (χ4v) is 4.89. The van der Waals surface area contributed by atoms with E-state index in [4.69, 9.17) is 4.74 Å². The smallest absolute Gasteiger partial charge is 0.350 e. The minimum atomic E-state index is -0.875. The lowest BCUT2D eigenvalue weighted by atomic mass is 10.1. The van der Waals surface area contributed by atoms with Gasteiger partial charge in [0.25, 0.3) is 5.56 Å². The van der Waals surface area contributed by atoms with Crippen LogP contribution in [0.25, 0.3) is 16.7 Å². The van der Waals surface area contributed by atoms with Crippen molar-refractivity contribution in [2.24, 2.45) is 5.92 Å². The highest BCUT2D eigenvalue weighted by molar-refractivity contribution is 7.17. The molecule has 3 aromatic heterocycles. The van der Waals surface area contributed by atoms with Crippen LogP contribution < -0.4 is 10.9 Å². The summed E-state index contributed by atoms with van der Waals surface area (Å²) < 4.78 is 8.44. The third-order valence-electron chi connectivity index (χ3n) is 5.76. The van der Waals surface area contributed by atoms with Gasteiger partial charge in [0, 0.05) is 11.5 Å². The van der Waals surface area contributed by atoms with Crippen molar-refractivity contribution in [3.05, 3.63) is 68.6 Å². The van der Waals surface area contributed by atoms with E-state index in [1.807, 2.05) is 58.0 Å². The number of carbonyl (C=O) groups excluding carboxylic acids is 2. The molecule has 0 bridgehead atoms. The van der Waals surface area contributed by atoms with Crippen molar-refractivity contribution < 1.29 is 14.3 Å². The van der Waals surface area contributed by atoms with Gasteiger partial charge in [-0.3, -0.25) is 14.2 Å². The number of benzene rings is 1. The SMILES string of the molecule is Cc1nc(NC(=O)C(C)n2c(=O)cc(C)c3c(C)nn(-c4ccccc4)c32)sc1C(=O)OCC(C)C. The average molecular weight is 508 g/mol. The molecule has 9 nitrogen and oxygen atoms in total. The summed E-state index contributed by atoms with van der Waals surface area (Å²) in [5.74, 6) is -0.692. The maximum Gasteiger partial charge on any atom is 0.350 e. The minimum Gasteiger partial charge on any atom is -0.461 e. The standard InChI is InChI=1S/C26H29N5O4S/c1-14(2)13-35-25(34)22-17(5)27-26(36-22)28-23(33)18(6)30-20(32)12-15(3)21-16(4)29-31(24(21)30)19-10-8-7-9-11-19/h7-12,14,18H,13H2,1-6H3,(H,27,28,33). The maximum atomic E-state index is 13.3. The van der Waals surface area contributed by atoms with Gasteiger partial charge in [0.1, 0.15) is 16.6 Å². The molecule has 1 N–H and O–H groups in total. The zero-order chi connectivity index (χ0) is 26.1. The monoisotopic (exact) mass is 507 g/mol. The van der Waals surface area contributed by atoms with Crippen molar-refractivity contribution in [2.45, 2.75) is 47.6 Å². The number of amides is 1. The van der Waals surface area contributed by atoms with E-state index in [0.29, 0.717) is 22.8 Å². The van der Waals surface area contributed by atoms with E-state index >= 15 is 0 Å². The molecule has 0 aliphatic heterocycles.